The van der Waals surface area contributed by atoms with Gasteiger partial charge < -0.3 is 4.90 Å². The maximum absolute atomic E-state index is 3.92. The van der Waals surface area contributed by atoms with Crippen LogP contribution < -0.4 is 0 Å². The summed E-state index contributed by atoms with van der Waals surface area (Å²) in [5.41, 5.74) is 2.27. The van der Waals surface area contributed by atoms with Gasteiger partial charge in [-0.2, -0.15) is 0 Å². The summed E-state index contributed by atoms with van der Waals surface area (Å²) in [6.45, 7) is 9.81. The van der Waals surface area contributed by atoms with Crippen molar-refractivity contribution in [3.05, 3.63) is 11.4 Å². The van der Waals surface area contributed by atoms with Gasteiger partial charge in [0, 0.05) is 19.8 Å². The van der Waals surface area contributed by atoms with Crippen molar-refractivity contribution < 1.29 is 0 Å². The third kappa shape index (κ3) is 2.74. The van der Waals surface area contributed by atoms with E-state index >= 15 is 0 Å². The van der Waals surface area contributed by atoms with Crippen molar-refractivity contribution in [2.24, 2.45) is 10.9 Å². The van der Waals surface area contributed by atoms with Crippen molar-refractivity contribution in [1.29, 1.82) is 0 Å². The predicted octanol–water partition coefficient (Wildman–Crippen LogP) is 2.14. The van der Waals surface area contributed by atoms with Crippen LogP contribution in [0.1, 0.15) is 20.8 Å². The molecule has 0 aliphatic rings. The monoisotopic (exact) mass is 154 g/mol. The first-order chi connectivity index (χ1) is 5.00. The molecule has 0 N–H and O–H groups in total. The molecule has 0 fully saturated rings. The fourth-order valence-electron chi connectivity index (χ4n) is 1.34. The van der Waals surface area contributed by atoms with Crippen LogP contribution in [-0.2, 0) is 0 Å². The van der Waals surface area contributed by atoms with Gasteiger partial charge >= 0.3 is 0 Å². The molecule has 0 rings (SSSR count). The molecule has 0 aromatic heterocycles. The lowest BCUT2D eigenvalue weighted by Crippen LogP contribution is -2.17. The van der Waals surface area contributed by atoms with Crippen molar-refractivity contribution in [2.45, 2.75) is 20.8 Å². The molecule has 2 heteroatoms. The van der Waals surface area contributed by atoms with Crippen LogP contribution in [0.4, 0.5) is 0 Å². The fourth-order valence-corrected chi connectivity index (χ4v) is 1.34. The normalized spacial score (nSPS) is 12.9. The van der Waals surface area contributed by atoms with Crippen LogP contribution in [0.5, 0.6) is 0 Å². The third-order valence-corrected chi connectivity index (χ3v) is 1.64. The van der Waals surface area contributed by atoms with Gasteiger partial charge in [-0.25, -0.2) is 0 Å². The molecular formula is C9H18N2. The molecule has 0 saturated carbocycles. The Morgan fingerprint density at radius 3 is 1.91 bits per heavy atom. The first-order valence-electron chi connectivity index (χ1n) is 3.85. The van der Waals surface area contributed by atoms with Gasteiger partial charge in [0.1, 0.15) is 0 Å². The second-order valence-corrected chi connectivity index (χ2v) is 3.18. The molecule has 11 heavy (non-hydrogen) atoms. The van der Waals surface area contributed by atoms with Crippen LogP contribution >= 0.6 is 0 Å². The van der Waals surface area contributed by atoms with Crippen molar-refractivity contribution in [3.63, 3.8) is 0 Å². The average molecular weight is 154 g/mol. The highest BCUT2D eigenvalue weighted by Gasteiger charge is 2.07. The number of nitrogens with zero attached hydrogens (tertiary/aromatic N) is 2. The molecule has 0 aromatic carbocycles. The summed E-state index contributed by atoms with van der Waals surface area (Å²) in [7, 11) is 4.06. The highest BCUT2D eigenvalue weighted by atomic mass is 15.1. The number of allylic oxidation sites excluding steroid dienone is 2. The van der Waals surface area contributed by atoms with Gasteiger partial charge in [0.25, 0.3) is 0 Å². The van der Waals surface area contributed by atoms with Gasteiger partial charge in [0.05, 0.1) is 5.70 Å². The minimum atomic E-state index is 0.510. The maximum Gasteiger partial charge on any atom is 0.0558 e. The topological polar surface area (TPSA) is 15.6 Å². The predicted molar refractivity (Wildman–Crippen MR) is 50.8 cm³/mol. The molecule has 0 saturated heterocycles. The Morgan fingerprint density at radius 2 is 1.82 bits per heavy atom. The summed E-state index contributed by atoms with van der Waals surface area (Å²) in [4.78, 5) is 6.01. The molecule has 0 aliphatic heterocycles. The Hall–Kier alpha value is -0.790. The standard InChI is InChI=1S/C9H18N2/c1-7(2)9(11(5)6)8(3)10-4/h7H,4H2,1-3,5-6H3. The van der Waals surface area contributed by atoms with Gasteiger partial charge in [0.2, 0.25) is 0 Å². The molecule has 64 valence electrons. The van der Waals surface area contributed by atoms with Crippen LogP contribution in [-0.4, -0.2) is 25.7 Å². The summed E-state index contributed by atoms with van der Waals surface area (Å²) < 4.78 is 0. The van der Waals surface area contributed by atoms with E-state index in [1.54, 1.807) is 0 Å². The molecule has 0 amide bonds. The second-order valence-electron chi connectivity index (χ2n) is 3.18. The SMILES string of the molecule is C=NC(C)=C(C(C)C)N(C)C. The molecule has 0 bridgehead atoms. The fraction of sp³-hybridized carbons (Fsp3) is 0.667. The molecule has 0 unspecified atom stereocenters. The zero-order valence-corrected chi connectivity index (χ0v) is 8.18. The minimum absolute atomic E-state index is 0.510. The number of hydrogen-bond donors (Lipinski definition) is 0. The molecule has 0 aromatic rings. The first kappa shape index (κ1) is 10.2. The Morgan fingerprint density at radius 1 is 1.36 bits per heavy atom. The Labute approximate surface area is 69.6 Å². The third-order valence-electron chi connectivity index (χ3n) is 1.64. The summed E-state index contributed by atoms with van der Waals surface area (Å²) in [5, 5.41) is 0. The van der Waals surface area contributed by atoms with Crippen molar-refractivity contribution >= 4 is 6.72 Å². The van der Waals surface area contributed by atoms with E-state index in [0.29, 0.717) is 5.92 Å². The number of aliphatic imine (C=N–C) groups is 1. The van der Waals surface area contributed by atoms with E-state index in [1.807, 2.05) is 21.0 Å². The van der Waals surface area contributed by atoms with Crippen molar-refractivity contribution in [3.8, 4) is 0 Å². The molecule has 2 nitrogen and oxygen atoms in total. The van der Waals surface area contributed by atoms with Gasteiger partial charge in [-0.15, -0.1) is 0 Å². The summed E-state index contributed by atoms with van der Waals surface area (Å²) in [5.74, 6) is 0.510. The summed E-state index contributed by atoms with van der Waals surface area (Å²) in [6.07, 6.45) is 0. The Kier molecular flexibility index (Phi) is 3.86. The quantitative estimate of drug-likeness (QED) is 0.569. The van der Waals surface area contributed by atoms with Gasteiger partial charge in [-0.3, -0.25) is 4.99 Å². The zero-order valence-electron chi connectivity index (χ0n) is 8.18. The van der Waals surface area contributed by atoms with E-state index in [4.69, 9.17) is 0 Å². The van der Waals surface area contributed by atoms with Crippen LogP contribution in [0.15, 0.2) is 16.4 Å². The smallest absolute Gasteiger partial charge is 0.0558 e. The minimum Gasteiger partial charge on any atom is -0.379 e. The Balaban J connectivity index is 4.72. The second kappa shape index (κ2) is 4.16. The van der Waals surface area contributed by atoms with E-state index in [-0.39, 0.29) is 0 Å². The molecular weight excluding hydrogens is 136 g/mol. The van der Waals surface area contributed by atoms with Gasteiger partial charge in [-0.1, -0.05) is 13.8 Å². The van der Waals surface area contributed by atoms with E-state index in [1.165, 1.54) is 5.70 Å². The zero-order chi connectivity index (χ0) is 9.02. The lowest BCUT2D eigenvalue weighted by Gasteiger charge is -2.21. The van der Waals surface area contributed by atoms with Crippen LogP contribution in [0, 0.1) is 5.92 Å². The van der Waals surface area contributed by atoms with Crippen LogP contribution in [0.3, 0.4) is 0 Å². The Bertz CT molecular complexity index is 156. The average Bonchev–Trinajstić information content (AvgIpc) is 1.85. The highest BCUT2D eigenvalue weighted by Crippen LogP contribution is 2.16. The van der Waals surface area contributed by atoms with E-state index in [0.717, 1.165) is 5.70 Å². The molecule has 0 radical (unpaired) electrons. The lowest BCUT2D eigenvalue weighted by molar-refractivity contribution is 0.438. The maximum atomic E-state index is 3.92. The van der Waals surface area contributed by atoms with E-state index in [9.17, 15) is 0 Å². The molecule has 0 spiro atoms. The van der Waals surface area contributed by atoms with Crippen LogP contribution in [0.2, 0.25) is 0 Å². The van der Waals surface area contributed by atoms with E-state index in [2.05, 4.69) is 30.5 Å². The lowest BCUT2D eigenvalue weighted by atomic mass is 10.1. The molecule has 0 aliphatic carbocycles. The van der Waals surface area contributed by atoms with Crippen molar-refractivity contribution in [1.82, 2.24) is 4.90 Å². The van der Waals surface area contributed by atoms with E-state index < -0.39 is 0 Å². The summed E-state index contributed by atoms with van der Waals surface area (Å²) >= 11 is 0. The largest absolute Gasteiger partial charge is 0.379 e. The number of hydrogen-bond acceptors (Lipinski definition) is 2. The molecule has 0 heterocycles. The highest BCUT2D eigenvalue weighted by molar-refractivity contribution is 5.30. The van der Waals surface area contributed by atoms with Crippen molar-refractivity contribution in [2.75, 3.05) is 14.1 Å². The number of rotatable bonds is 3. The summed E-state index contributed by atoms with van der Waals surface area (Å²) in [6, 6.07) is 0. The first-order valence-corrected chi connectivity index (χ1v) is 3.85. The van der Waals surface area contributed by atoms with Gasteiger partial charge in [-0.05, 0) is 19.6 Å². The van der Waals surface area contributed by atoms with Crippen LogP contribution in [0.25, 0.3) is 0 Å². The molecule has 0 atom stereocenters. The van der Waals surface area contributed by atoms with Gasteiger partial charge in [0.15, 0.2) is 0 Å².